The maximum Gasteiger partial charge on any atom is 0.234 e. The smallest absolute Gasteiger partial charge is 0.234 e. The molecule has 0 aliphatic carbocycles. The molecule has 0 bridgehead atoms. The summed E-state index contributed by atoms with van der Waals surface area (Å²) in [6, 6.07) is 5.93. The van der Waals surface area contributed by atoms with E-state index in [1.807, 2.05) is 11.5 Å². The number of aryl methyl sites for hydroxylation is 1. The Labute approximate surface area is 133 Å². The van der Waals surface area contributed by atoms with Crippen LogP contribution in [0.3, 0.4) is 0 Å². The van der Waals surface area contributed by atoms with Gasteiger partial charge in [0, 0.05) is 18.2 Å². The number of aromatic nitrogens is 3. The molecule has 0 fully saturated rings. The van der Waals surface area contributed by atoms with Crippen molar-refractivity contribution in [2.24, 2.45) is 0 Å². The zero-order valence-electron chi connectivity index (χ0n) is 12.8. The molecule has 118 valence electrons. The van der Waals surface area contributed by atoms with Crippen LogP contribution in [0.4, 0.5) is 10.1 Å². The Morgan fingerprint density at radius 2 is 2.00 bits per heavy atom. The summed E-state index contributed by atoms with van der Waals surface area (Å²) < 4.78 is 14.9. The van der Waals surface area contributed by atoms with Crippen LogP contribution in [-0.2, 0) is 11.2 Å². The molecule has 0 saturated heterocycles. The molecule has 0 unspecified atom stereocenters. The molecule has 0 radical (unpaired) electrons. The first-order valence-electron chi connectivity index (χ1n) is 7.13. The molecule has 2 aromatic rings. The molecule has 1 amide bonds. The molecule has 5 nitrogen and oxygen atoms in total. The van der Waals surface area contributed by atoms with Crippen LogP contribution >= 0.6 is 11.8 Å². The highest BCUT2D eigenvalue weighted by atomic mass is 32.2. The third-order valence-electron chi connectivity index (χ3n) is 3.03. The average Bonchev–Trinajstić information content (AvgIpc) is 2.91. The number of amides is 1. The van der Waals surface area contributed by atoms with Gasteiger partial charge in [0.05, 0.1) is 5.75 Å². The van der Waals surface area contributed by atoms with Gasteiger partial charge in [-0.05, 0) is 38.1 Å². The van der Waals surface area contributed by atoms with Crippen molar-refractivity contribution < 1.29 is 9.18 Å². The molecule has 0 aliphatic heterocycles. The molecule has 1 aromatic carbocycles. The van der Waals surface area contributed by atoms with Gasteiger partial charge in [-0.25, -0.2) is 4.39 Å². The van der Waals surface area contributed by atoms with Gasteiger partial charge in [-0.2, -0.15) is 0 Å². The summed E-state index contributed by atoms with van der Waals surface area (Å²) in [4.78, 5) is 11.9. The molecule has 1 heterocycles. The highest BCUT2D eigenvalue weighted by Gasteiger charge is 2.15. The molecule has 7 heteroatoms. The highest BCUT2D eigenvalue weighted by molar-refractivity contribution is 7.99. The largest absolute Gasteiger partial charge is 0.325 e. The molecule has 0 spiro atoms. The molecular weight excluding hydrogens is 303 g/mol. The first-order chi connectivity index (χ1) is 10.5. The SMILES string of the molecule is CCc1nnc(SCC(=O)Nc2ccc(F)cc2)n1C(C)C. The topological polar surface area (TPSA) is 59.8 Å². The van der Waals surface area contributed by atoms with Crippen molar-refractivity contribution in [3.63, 3.8) is 0 Å². The van der Waals surface area contributed by atoms with Gasteiger partial charge in [0.1, 0.15) is 11.6 Å². The predicted octanol–water partition coefficient (Wildman–Crippen LogP) is 3.29. The Morgan fingerprint density at radius 1 is 1.32 bits per heavy atom. The molecule has 0 aliphatic rings. The Balaban J connectivity index is 1.96. The Hall–Kier alpha value is -1.89. The van der Waals surface area contributed by atoms with Crippen LogP contribution in [0.15, 0.2) is 29.4 Å². The lowest BCUT2D eigenvalue weighted by Crippen LogP contribution is -2.15. The summed E-state index contributed by atoms with van der Waals surface area (Å²) in [6.45, 7) is 6.15. The summed E-state index contributed by atoms with van der Waals surface area (Å²) in [6.07, 6.45) is 0.799. The van der Waals surface area contributed by atoms with Gasteiger partial charge in [-0.1, -0.05) is 18.7 Å². The third kappa shape index (κ3) is 4.07. The van der Waals surface area contributed by atoms with Crippen LogP contribution in [-0.4, -0.2) is 26.4 Å². The predicted molar refractivity (Wildman–Crippen MR) is 85.5 cm³/mol. The number of nitrogens with zero attached hydrogens (tertiary/aromatic N) is 3. The van der Waals surface area contributed by atoms with E-state index in [1.54, 1.807) is 0 Å². The zero-order chi connectivity index (χ0) is 16.1. The number of carbonyl (C=O) groups is 1. The average molecular weight is 322 g/mol. The molecule has 1 N–H and O–H groups in total. The van der Waals surface area contributed by atoms with Crippen LogP contribution in [0.5, 0.6) is 0 Å². The second-order valence-corrected chi connectivity index (χ2v) is 6.00. The van der Waals surface area contributed by atoms with Crippen molar-refractivity contribution in [1.82, 2.24) is 14.8 Å². The van der Waals surface area contributed by atoms with E-state index in [4.69, 9.17) is 0 Å². The number of hydrogen-bond donors (Lipinski definition) is 1. The fourth-order valence-corrected chi connectivity index (χ4v) is 2.91. The number of benzene rings is 1. The highest BCUT2D eigenvalue weighted by Crippen LogP contribution is 2.22. The van der Waals surface area contributed by atoms with Crippen molar-refractivity contribution in [2.75, 3.05) is 11.1 Å². The van der Waals surface area contributed by atoms with Crippen LogP contribution in [0.1, 0.15) is 32.6 Å². The number of carbonyl (C=O) groups excluding carboxylic acids is 1. The lowest BCUT2D eigenvalue weighted by atomic mass is 10.3. The number of halogens is 1. The van der Waals surface area contributed by atoms with Crippen molar-refractivity contribution in [3.8, 4) is 0 Å². The minimum absolute atomic E-state index is 0.159. The Bertz CT molecular complexity index is 639. The maximum atomic E-state index is 12.8. The molecule has 0 atom stereocenters. The standard InChI is InChI=1S/C15H19FN4OS/c1-4-13-18-19-15(20(13)10(2)3)22-9-14(21)17-12-7-5-11(16)6-8-12/h5-8,10H,4,9H2,1-3H3,(H,17,21). The number of hydrogen-bond acceptors (Lipinski definition) is 4. The summed E-state index contributed by atoms with van der Waals surface area (Å²) in [5, 5.41) is 11.8. The van der Waals surface area contributed by atoms with E-state index in [0.29, 0.717) is 5.69 Å². The third-order valence-corrected chi connectivity index (χ3v) is 3.97. The second kappa shape index (κ2) is 7.40. The minimum atomic E-state index is -0.329. The van der Waals surface area contributed by atoms with Gasteiger partial charge < -0.3 is 9.88 Å². The molecule has 0 saturated carbocycles. The van der Waals surface area contributed by atoms with Crippen LogP contribution < -0.4 is 5.32 Å². The van der Waals surface area contributed by atoms with E-state index in [9.17, 15) is 9.18 Å². The van der Waals surface area contributed by atoms with E-state index in [0.717, 1.165) is 17.4 Å². The zero-order valence-corrected chi connectivity index (χ0v) is 13.7. The summed E-state index contributed by atoms with van der Waals surface area (Å²) >= 11 is 1.35. The lowest BCUT2D eigenvalue weighted by Gasteiger charge is -2.12. The molecule has 1 aromatic heterocycles. The van der Waals surface area contributed by atoms with Crippen molar-refractivity contribution >= 4 is 23.4 Å². The number of nitrogens with one attached hydrogen (secondary N) is 1. The van der Waals surface area contributed by atoms with E-state index in [1.165, 1.54) is 36.0 Å². The van der Waals surface area contributed by atoms with Gasteiger partial charge in [-0.3, -0.25) is 4.79 Å². The van der Waals surface area contributed by atoms with Gasteiger partial charge in [0.15, 0.2) is 5.16 Å². The van der Waals surface area contributed by atoms with Crippen molar-refractivity contribution in [2.45, 2.75) is 38.4 Å². The van der Waals surface area contributed by atoms with Gasteiger partial charge in [0.25, 0.3) is 0 Å². The second-order valence-electron chi connectivity index (χ2n) is 5.06. The van der Waals surface area contributed by atoms with Crippen LogP contribution in [0.2, 0.25) is 0 Å². The van der Waals surface area contributed by atoms with Crippen molar-refractivity contribution in [1.29, 1.82) is 0 Å². The van der Waals surface area contributed by atoms with E-state index in [-0.39, 0.29) is 23.5 Å². The lowest BCUT2D eigenvalue weighted by molar-refractivity contribution is -0.113. The molecular formula is C15H19FN4OS. The van der Waals surface area contributed by atoms with E-state index in [2.05, 4.69) is 29.4 Å². The van der Waals surface area contributed by atoms with Gasteiger partial charge in [0.2, 0.25) is 5.91 Å². The van der Waals surface area contributed by atoms with Crippen molar-refractivity contribution in [3.05, 3.63) is 35.9 Å². The number of anilines is 1. The normalized spacial score (nSPS) is 11.0. The molecule has 22 heavy (non-hydrogen) atoms. The molecule has 2 rings (SSSR count). The van der Waals surface area contributed by atoms with Crippen LogP contribution in [0, 0.1) is 5.82 Å². The first kappa shape index (κ1) is 16.5. The quantitative estimate of drug-likeness (QED) is 0.829. The fraction of sp³-hybridized carbons (Fsp3) is 0.400. The summed E-state index contributed by atoms with van der Waals surface area (Å²) in [5.74, 6) is 0.653. The van der Waals surface area contributed by atoms with E-state index >= 15 is 0 Å². The van der Waals surface area contributed by atoms with Crippen LogP contribution in [0.25, 0.3) is 0 Å². The monoisotopic (exact) mass is 322 g/mol. The van der Waals surface area contributed by atoms with Gasteiger partial charge in [-0.15, -0.1) is 10.2 Å². The number of thioether (sulfide) groups is 1. The first-order valence-corrected chi connectivity index (χ1v) is 8.11. The fourth-order valence-electron chi connectivity index (χ4n) is 2.03. The number of rotatable bonds is 6. The Kier molecular flexibility index (Phi) is 5.54. The minimum Gasteiger partial charge on any atom is -0.325 e. The maximum absolute atomic E-state index is 12.8. The van der Waals surface area contributed by atoms with E-state index < -0.39 is 0 Å². The summed E-state index contributed by atoms with van der Waals surface area (Å²) in [5.41, 5.74) is 0.576. The Morgan fingerprint density at radius 3 is 2.59 bits per heavy atom. The van der Waals surface area contributed by atoms with Gasteiger partial charge >= 0.3 is 0 Å². The summed E-state index contributed by atoms with van der Waals surface area (Å²) in [7, 11) is 0.